The lowest BCUT2D eigenvalue weighted by molar-refractivity contribution is 0.623. The summed E-state index contributed by atoms with van der Waals surface area (Å²) >= 11 is 5.80. The van der Waals surface area contributed by atoms with Crippen LogP contribution >= 0.6 is 11.6 Å². The molecular weight excluding hydrogens is 215 g/mol. The smallest absolute Gasteiger partial charge is 0.134 e. The number of aliphatic imine (C=N–C) groups is 1. The molecule has 0 aliphatic heterocycles. The summed E-state index contributed by atoms with van der Waals surface area (Å²) in [4.78, 5) is 4.18. The molecule has 0 saturated heterocycles. The highest BCUT2D eigenvalue weighted by molar-refractivity contribution is 6.21. The van der Waals surface area contributed by atoms with Crippen LogP contribution < -0.4 is 5.32 Å². The van der Waals surface area contributed by atoms with Crippen LogP contribution in [0.2, 0.25) is 0 Å². The minimum Gasteiger partial charge on any atom is -0.354 e. The van der Waals surface area contributed by atoms with Crippen LogP contribution in [0.15, 0.2) is 29.3 Å². The largest absolute Gasteiger partial charge is 0.354 e. The zero-order valence-corrected chi connectivity index (χ0v) is 9.55. The molecule has 0 fully saturated rings. The maximum Gasteiger partial charge on any atom is 0.134 e. The van der Waals surface area contributed by atoms with Crippen molar-refractivity contribution >= 4 is 17.4 Å². The lowest BCUT2D eigenvalue weighted by atomic mass is 10.2. The molecule has 82 valence electrons. The first kappa shape index (κ1) is 12.0. The van der Waals surface area contributed by atoms with Gasteiger partial charge in [-0.3, -0.25) is 4.99 Å². The van der Waals surface area contributed by atoms with Crippen LogP contribution in [0.25, 0.3) is 0 Å². The van der Waals surface area contributed by atoms with E-state index in [1.54, 1.807) is 25.1 Å². The minimum absolute atomic E-state index is 0.282. The number of hydrogen-bond donors (Lipinski definition) is 1. The Morgan fingerprint density at radius 3 is 2.73 bits per heavy atom. The van der Waals surface area contributed by atoms with E-state index < -0.39 is 0 Å². The number of halogens is 2. The van der Waals surface area contributed by atoms with Crippen molar-refractivity contribution in [3.63, 3.8) is 0 Å². The fraction of sp³-hybridized carbons (Fsp3) is 0.364. The molecule has 0 saturated carbocycles. The Labute approximate surface area is 94.2 Å². The van der Waals surface area contributed by atoms with Crippen molar-refractivity contribution in [2.75, 3.05) is 6.54 Å². The molecule has 0 bridgehead atoms. The van der Waals surface area contributed by atoms with Gasteiger partial charge in [-0.25, -0.2) is 4.39 Å². The quantitative estimate of drug-likeness (QED) is 0.366. The van der Waals surface area contributed by atoms with Crippen molar-refractivity contribution in [1.82, 2.24) is 5.32 Å². The van der Waals surface area contributed by atoms with Gasteiger partial charge in [-0.1, -0.05) is 23.7 Å². The van der Waals surface area contributed by atoms with E-state index in [1.807, 2.05) is 6.92 Å². The molecule has 0 aromatic heterocycles. The number of rotatable bonds is 3. The van der Waals surface area contributed by atoms with Gasteiger partial charge in [0, 0.05) is 6.54 Å². The zero-order valence-electron chi connectivity index (χ0n) is 8.80. The highest BCUT2D eigenvalue weighted by Gasteiger charge is 2.09. The second-order valence-electron chi connectivity index (χ2n) is 3.06. The average molecular weight is 229 g/mol. The van der Waals surface area contributed by atoms with Crippen LogP contribution in [-0.2, 0) is 0 Å². The molecule has 0 aliphatic carbocycles. The first-order chi connectivity index (χ1) is 7.15. The molecule has 1 rings (SSSR count). The van der Waals surface area contributed by atoms with Gasteiger partial charge in [-0.2, -0.15) is 0 Å². The molecule has 2 nitrogen and oxygen atoms in total. The Morgan fingerprint density at radius 2 is 2.20 bits per heavy atom. The van der Waals surface area contributed by atoms with Gasteiger partial charge in [0.05, 0.1) is 11.1 Å². The highest BCUT2D eigenvalue weighted by Crippen LogP contribution is 2.07. The number of alkyl halides is 1. The van der Waals surface area contributed by atoms with Crippen LogP contribution in [0.4, 0.5) is 4.39 Å². The average Bonchev–Trinajstić information content (AvgIpc) is 2.17. The van der Waals surface area contributed by atoms with Gasteiger partial charge in [0.25, 0.3) is 0 Å². The second-order valence-corrected chi connectivity index (χ2v) is 3.72. The van der Waals surface area contributed by atoms with Crippen molar-refractivity contribution in [3.05, 3.63) is 35.6 Å². The Hall–Kier alpha value is -1.09. The van der Waals surface area contributed by atoms with Crippen molar-refractivity contribution < 1.29 is 4.39 Å². The molecule has 0 radical (unpaired) electrons. The normalized spacial score (nSPS) is 13.7. The second kappa shape index (κ2) is 5.71. The molecule has 15 heavy (non-hydrogen) atoms. The third-order valence-electron chi connectivity index (χ3n) is 1.78. The standard InChI is InChI=1S/C11H14ClFN2/c1-3-14-11(15-8(2)12)9-6-4-5-7-10(9)13/h4-8H,3H2,1-2H3,(H,14,15). The van der Waals surface area contributed by atoms with E-state index in [9.17, 15) is 4.39 Å². The van der Waals surface area contributed by atoms with Gasteiger partial charge in [-0.15, -0.1) is 0 Å². The molecule has 1 unspecified atom stereocenters. The van der Waals surface area contributed by atoms with Crippen LogP contribution in [0.3, 0.4) is 0 Å². The van der Waals surface area contributed by atoms with Crippen LogP contribution in [0.1, 0.15) is 19.4 Å². The van der Waals surface area contributed by atoms with Crippen molar-refractivity contribution in [2.45, 2.75) is 19.3 Å². The predicted molar refractivity (Wildman–Crippen MR) is 61.9 cm³/mol. The molecule has 1 aromatic carbocycles. The zero-order chi connectivity index (χ0) is 11.3. The molecule has 1 aromatic rings. The molecule has 0 amide bonds. The molecule has 1 N–H and O–H groups in total. The first-order valence-corrected chi connectivity index (χ1v) is 5.28. The summed E-state index contributed by atoms with van der Waals surface area (Å²) in [7, 11) is 0. The Kier molecular flexibility index (Phi) is 4.56. The van der Waals surface area contributed by atoms with E-state index in [0.717, 1.165) is 0 Å². The molecule has 1 atom stereocenters. The third-order valence-corrected chi connectivity index (χ3v) is 1.89. The summed E-state index contributed by atoms with van der Waals surface area (Å²) in [6.45, 7) is 4.25. The Morgan fingerprint density at radius 1 is 1.53 bits per heavy atom. The first-order valence-electron chi connectivity index (χ1n) is 4.85. The Balaban J connectivity index is 3.00. The van der Waals surface area contributed by atoms with Crippen molar-refractivity contribution in [1.29, 1.82) is 0 Å². The summed E-state index contributed by atoms with van der Waals surface area (Å²) in [5.41, 5.74) is 0.168. The maximum atomic E-state index is 13.4. The van der Waals surface area contributed by atoms with Gasteiger partial charge in [0.1, 0.15) is 11.7 Å². The summed E-state index contributed by atoms with van der Waals surface area (Å²) in [6, 6.07) is 6.49. The van der Waals surface area contributed by atoms with Crippen LogP contribution in [0, 0.1) is 5.82 Å². The van der Waals surface area contributed by atoms with E-state index >= 15 is 0 Å². The number of amidine groups is 1. The molecule has 0 aliphatic rings. The maximum absolute atomic E-state index is 13.4. The van der Waals surface area contributed by atoms with Gasteiger partial charge in [0.15, 0.2) is 0 Å². The van der Waals surface area contributed by atoms with Crippen molar-refractivity contribution in [3.8, 4) is 0 Å². The molecule has 0 spiro atoms. The van der Waals surface area contributed by atoms with Crippen LogP contribution in [-0.4, -0.2) is 17.9 Å². The fourth-order valence-electron chi connectivity index (χ4n) is 1.21. The summed E-state index contributed by atoms with van der Waals surface area (Å²) in [5.74, 6) is 0.201. The number of nitrogens with one attached hydrogen (secondary N) is 1. The predicted octanol–water partition coefficient (Wildman–Crippen LogP) is 2.77. The van der Waals surface area contributed by atoms with Gasteiger partial charge < -0.3 is 5.32 Å². The lowest BCUT2D eigenvalue weighted by Crippen LogP contribution is -2.30. The van der Waals surface area contributed by atoms with E-state index in [2.05, 4.69) is 10.3 Å². The molecular formula is C11H14ClFN2. The Bertz CT molecular complexity index is 350. The van der Waals surface area contributed by atoms with E-state index in [0.29, 0.717) is 17.9 Å². The summed E-state index contributed by atoms with van der Waals surface area (Å²) in [6.07, 6.45) is 0. The van der Waals surface area contributed by atoms with Gasteiger partial charge >= 0.3 is 0 Å². The van der Waals surface area contributed by atoms with Crippen molar-refractivity contribution in [2.24, 2.45) is 4.99 Å². The highest BCUT2D eigenvalue weighted by atomic mass is 35.5. The minimum atomic E-state index is -0.297. The van der Waals surface area contributed by atoms with E-state index in [4.69, 9.17) is 11.6 Å². The van der Waals surface area contributed by atoms with Gasteiger partial charge in [-0.05, 0) is 26.0 Å². The van der Waals surface area contributed by atoms with Gasteiger partial charge in [0.2, 0.25) is 0 Å². The van der Waals surface area contributed by atoms with Crippen LogP contribution in [0.5, 0.6) is 0 Å². The summed E-state index contributed by atoms with van der Waals surface area (Å²) < 4.78 is 13.4. The van der Waals surface area contributed by atoms with E-state index in [-0.39, 0.29) is 11.3 Å². The summed E-state index contributed by atoms with van der Waals surface area (Å²) in [5, 5.41) is 2.91. The topological polar surface area (TPSA) is 24.4 Å². The third kappa shape index (κ3) is 3.51. The monoisotopic (exact) mass is 228 g/mol. The number of benzene rings is 1. The number of nitrogens with zero attached hydrogens (tertiary/aromatic N) is 1. The fourth-order valence-corrected chi connectivity index (χ4v) is 1.31. The lowest BCUT2D eigenvalue weighted by Gasteiger charge is -2.12. The van der Waals surface area contributed by atoms with E-state index in [1.165, 1.54) is 6.07 Å². The SMILES string of the molecule is CCN=C(NC(C)Cl)c1ccccc1F. The molecule has 0 heterocycles. The number of hydrogen-bond acceptors (Lipinski definition) is 1. The molecule has 4 heteroatoms.